The van der Waals surface area contributed by atoms with Crippen LogP contribution in [0.2, 0.25) is 0 Å². The summed E-state index contributed by atoms with van der Waals surface area (Å²) in [6.07, 6.45) is 1.19. The Morgan fingerprint density at radius 2 is 1.05 bits per heavy atom. The normalized spacial score (nSPS) is 12.3. The van der Waals surface area contributed by atoms with Crippen molar-refractivity contribution in [2.45, 2.75) is 12.8 Å². The molecule has 3 rings (SSSR count). The summed E-state index contributed by atoms with van der Waals surface area (Å²) in [5.74, 6) is 0.563. The minimum atomic E-state index is -0.314. The molecule has 0 nitrogen and oxygen atoms in total. The van der Waals surface area contributed by atoms with Crippen LogP contribution in [0, 0.1) is 0 Å². The second-order valence-corrected chi connectivity index (χ2v) is 7.85. The van der Waals surface area contributed by atoms with Crippen LogP contribution in [0.4, 0.5) is 0 Å². The maximum absolute atomic E-state index is 2.34. The molecule has 1 heteroatoms. The van der Waals surface area contributed by atoms with E-state index in [1.54, 1.807) is 0 Å². The molecule has 0 spiro atoms. The van der Waals surface area contributed by atoms with Crippen molar-refractivity contribution in [3.63, 3.8) is 0 Å². The topological polar surface area (TPSA) is 0 Å². The molecule has 0 aliphatic rings. The predicted molar refractivity (Wildman–Crippen MR) is 98.8 cm³/mol. The molecule has 0 radical (unpaired) electrons. The molecule has 22 heavy (non-hydrogen) atoms. The van der Waals surface area contributed by atoms with Gasteiger partial charge in [-0.2, -0.15) is 0 Å². The smallest absolute Gasteiger partial charge is 0.0145 e. The van der Waals surface area contributed by atoms with Gasteiger partial charge in [-0.15, -0.1) is 0 Å². The molecule has 0 saturated heterocycles. The highest BCUT2D eigenvalue weighted by Gasteiger charge is 2.17. The molecule has 0 N–H and O–H groups in total. The van der Waals surface area contributed by atoms with E-state index in [-0.39, 0.29) is 7.92 Å². The molecule has 0 heterocycles. The lowest BCUT2D eigenvalue weighted by molar-refractivity contribution is 0.877. The van der Waals surface area contributed by atoms with Gasteiger partial charge >= 0.3 is 0 Å². The van der Waals surface area contributed by atoms with Crippen LogP contribution in [0.5, 0.6) is 0 Å². The molecule has 110 valence electrons. The molecule has 1 atom stereocenters. The second kappa shape index (κ2) is 7.38. The van der Waals surface area contributed by atoms with Gasteiger partial charge in [0.05, 0.1) is 0 Å². The van der Waals surface area contributed by atoms with Crippen LogP contribution < -0.4 is 10.6 Å². The van der Waals surface area contributed by atoms with Gasteiger partial charge in [-0.3, -0.25) is 0 Å². The first-order valence-electron chi connectivity index (χ1n) is 7.77. The van der Waals surface area contributed by atoms with Crippen LogP contribution in [0.15, 0.2) is 91.0 Å². The molecule has 3 aromatic carbocycles. The van der Waals surface area contributed by atoms with Crippen molar-refractivity contribution in [1.29, 1.82) is 0 Å². The van der Waals surface area contributed by atoms with Gasteiger partial charge in [0, 0.05) is 0 Å². The summed E-state index contributed by atoms with van der Waals surface area (Å²) < 4.78 is 0. The SMILES string of the molecule is CC(CP(c1ccccc1)c1ccccc1)c1ccccc1. The molecule has 0 bridgehead atoms. The fourth-order valence-corrected chi connectivity index (χ4v) is 5.28. The highest BCUT2D eigenvalue weighted by Crippen LogP contribution is 2.38. The Hall–Kier alpha value is -1.91. The second-order valence-electron chi connectivity index (χ2n) is 5.59. The monoisotopic (exact) mass is 304 g/mol. The van der Waals surface area contributed by atoms with Gasteiger partial charge in [0.15, 0.2) is 0 Å². The van der Waals surface area contributed by atoms with Crippen molar-refractivity contribution in [1.82, 2.24) is 0 Å². The molecule has 0 fully saturated rings. The highest BCUT2D eigenvalue weighted by molar-refractivity contribution is 7.73. The van der Waals surface area contributed by atoms with Crippen LogP contribution in [0.3, 0.4) is 0 Å². The summed E-state index contributed by atoms with van der Waals surface area (Å²) in [7, 11) is -0.314. The van der Waals surface area contributed by atoms with Crippen molar-refractivity contribution >= 4 is 18.5 Å². The summed E-state index contributed by atoms with van der Waals surface area (Å²) in [6, 6.07) is 32.8. The first-order valence-corrected chi connectivity index (χ1v) is 9.30. The van der Waals surface area contributed by atoms with Crippen LogP contribution in [-0.4, -0.2) is 6.16 Å². The van der Waals surface area contributed by atoms with E-state index >= 15 is 0 Å². The Morgan fingerprint density at radius 1 is 0.636 bits per heavy atom. The van der Waals surface area contributed by atoms with E-state index in [9.17, 15) is 0 Å². The lowest BCUT2D eigenvalue weighted by Gasteiger charge is -2.23. The number of benzene rings is 3. The average Bonchev–Trinajstić information content (AvgIpc) is 2.62. The number of hydrogen-bond acceptors (Lipinski definition) is 0. The van der Waals surface area contributed by atoms with E-state index in [4.69, 9.17) is 0 Å². The van der Waals surface area contributed by atoms with Crippen molar-refractivity contribution in [2.24, 2.45) is 0 Å². The van der Waals surface area contributed by atoms with E-state index in [0.29, 0.717) is 5.92 Å². The lowest BCUT2D eigenvalue weighted by Crippen LogP contribution is -2.16. The van der Waals surface area contributed by atoms with Crippen molar-refractivity contribution < 1.29 is 0 Å². The van der Waals surface area contributed by atoms with Gasteiger partial charge in [0.1, 0.15) is 0 Å². The third-order valence-corrected chi connectivity index (χ3v) is 6.72. The van der Waals surface area contributed by atoms with E-state index in [2.05, 4.69) is 97.9 Å². The van der Waals surface area contributed by atoms with Crippen LogP contribution >= 0.6 is 7.92 Å². The third kappa shape index (κ3) is 3.64. The maximum atomic E-state index is 2.34. The minimum Gasteiger partial charge on any atom is -0.0622 e. The predicted octanol–water partition coefficient (Wildman–Crippen LogP) is 4.92. The van der Waals surface area contributed by atoms with E-state index < -0.39 is 0 Å². The Labute approximate surface area is 134 Å². The quantitative estimate of drug-likeness (QED) is 0.587. The van der Waals surface area contributed by atoms with Gasteiger partial charge in [-0.1, -0.05) is 97.9 Å². The molecule has 0 aromatic heterocycles. The first-order chi connectivity index (χ1) is 10.8. The number of hydrogen-bond donors (Lipinski definition) is 0. The van der Waals surface area contributed by atoms with E-state index in [1.807, 2.05) is 0 Å². The van der Waals surface area contributed by atoms with E-state index in [1.165, 1.54) is 22.3 Å². The average molecular weight is 304 g/mol. The molecule has 1 unspecified atom stereocenters. The maximum Gasteiger partial charge on any atom is -0.0145 e. The Balaban J connectivity index is 1.90. The number of rotatable bonds is 5. The van der Waals surface area contributed by atoms with Crippen LogP contribution in [0.25, 0.3) is 0 Å². The molecule has 0 aliphatic heterocycles. The summed E-state index contributed by atoms with van der Waals surface area (Å²) in [4.78, 5) is 0. The van der Waals surface area contributed by atoms with Gasteiger partial charge in [0.2, 0.25) is 0 Å². The fourth-order valence-electron chi connectivity index (χ4n) is 2.74. The van der Waals surface area contributed by atoms with Gasteiger partial charge in [0.25, 0.3) is 0 Å². The molecule has 0 saturated carbocycles. The fraction of sp³-hybridized carbons (Fsp3) is 0.143. The Kier molecular flexibility index (Phi) is 5.03. The summed E-state index contributed by atoms with van der Waals surface area (Å²) >= 11 is 0. The summed E-state index contributed by atoms with van der Waals surface area (Å²) in [6.45, 7) is 2.34. The van der Waals surface area contributed by atoms with E-state index in [0.717, 1.165) is 0 Å². The zero-order chi connectivity index (χ0) is 15.2. The first kappa shape index (κ1) is 15.0. The molecular weight excluding hydrogens is 283 g/mol. The Morgan fingerprint density at radius 3 is 1.50 bits per heavy atom. The third-order valence-electron chi connectivity index (χ3n) is 3.96. The summed E-state index contributed by atoms with van der Waals surface area (Å²) in [5.41, 5.74) is 1.43. The molecular formula is C21H21P. The molecule has 0 amide bonds. The summed E-state index contributed by atoms with van der Waals surface area (Å²) in [5, 5.41) is 2.93. The molecule has 0 aliphatic carbocycles. The highest BCUT2D eigenvalue weighted by atomic mass is 31.1. The largest absolute Gasteiger partial charge is 0.0622 e. The van der Waals surface area contributed by atoms with Crippen LogP contribution in [-0.2, 0) is 0 Å². The van der Waals surface area contributed by atoms with Crippen molar-refractivity contribution in [2.75, 3.05) is 6.16 Å². The zero-order valence-electron chi connectivity index (χ0n) is 12.9. The molecule has 3 aromatic rings. The van der Waals surface area contributed by atoms with Crippen molar-refractivity contribution in [3.8, 4) is 0 Å². The van der Waals surface area contributed by atoms with Gasteiger partial charge in [-0.25, -0.2) is 0 Å². The van der Waals surface area contributed by atoms with Gasteiger partial charge < -0.3 is 0 Å². The standard InChI is InChI=1S/C21H21P/c1-18(19-11-5-2-6-12-19)17-22(20-13-7-3-8-14-20)21-15-9-4-10-16-21/h2-16,18H,17H2,1H3. The van der Waals surface area contributed by atoms with Gasteiger partial charge in [-0.05, 0) is 36.2 Å². The lowest BCUT2D eigenvalue weighted by atomic mass is 10.0. The van der Waals surface area contributed by atoms with Crippen LogP contribution in [0.1, 0.15) is 18.4 Å². The minimum absolute atomic E-state index is 0.314. The Bertz CT molecular complexity index is 637. The zero-order valence-corrected chi connectivity index (χ0v) is 13.8. The van der Waals surface area contributed by atoms with Crippen molar-refractivity contribution in [3.05, 3.63) is 96.6 Å².